The molecule has 1 aliphatic heterocycles. The number of rotatable bonds is 7. The molecular weight excluding hydrogens is 470 g/mol. The lowest BCUT2D eigenvalue weighted by atomic mass is 10.1. The number of carbonyl (C=O) groups is 1. The zero-order valence-electron chi connectivity index (χ0n) is 19.0. The van der Waals surface area contributed by atoms with Crippen molar-refractivity contribution in [2.24, 2.45) is 0 Å². The predicted molar refractivity (Wildman–Crippen MR) is 130 cm³/mol. The van der Waals surface area contributed by atoms with E-state index >= 15 is 0 Å². The molecule has 1 saturated heterocycles. The van der Waals surface area contributed by atoms with Gasteiger partial charge in [0.05, 0.1) is 40.9 Å². The summed E-state index contributed by atoms with van der Waals surface area (Å²) in [7, 11) is 1.42. The number of methoxy groups -OCH3 is 1. The van der Waals surface area contributed by atoms with Crippen LogP contribution in [0, 0.1) is 21.4 Å². The molecule has 180 valence electrons. The molecule has 4 rings (SSSR count). The Hall–Kier alpha value is -4.17. The number of nitro benzene ring substituents is 1. The molecule has 2 aromatic carbocycles. The maximum atomic E-state index is 13.4. The van der Waals surface area contributed by atoms with E-state index in [1.807, 2.05) is 17.5 Å². The lowest BCUT2D eigenvalue weighted by Gasteiger charge is -2.24. The highest BCUT2D eigenvalue weighted by Gasteiger charge is 2.29. The average Bonchev–Trinajstić information content (AvgIpc) is 3.29. The summed E-state index contributed by atoms with van der Waals surface area (Å²) in [5, 5.41) is 22.7. The fourth-order valence-corrected chi connectivity index (χ4v) is 4.44. The maximum absolute atomic E-state index is 13.4. The Kier molecular flexibility index (Phi) is 7.42. The van der Waals surface area contributed by atoms with E-state index in [-0.39, 0.29) is 29.4 Å². The van der Waals surface area contributed by atoms with E-state index in [1.54, 1.807) is 22.5 Å². The first-order chi connectivity index (χ1) is 17.0. The predicted octanol–water partition coefficient (Wildman–Crippen LogP) is 3.86. The first-order valence-corrected chi connectivity index (χ1v) is 11.8. The van der Waals surface area contributed by atoms with Crippen molar-refractivity contribution in [2.75, 3.05) is 38.2 Å². The van der Waals surface area contributed by atoms with Gasteiger partial charge in [0.15, 0.2) is 11.5 Å². The number of hydrogen-bond donors (Lipinski definition) is 0. The number of ether oxygens (including phenoxy) is 2. The SMILES string of the molecule is COc1cc(C(=O)N2CCCN(c3ccc(C#N)cc3)CC2)c([N+](=O)[O-])cc1OCc1cscn1. The van der Waals surface area contributed by atoms with Gasteiger partial charge in [-0.3, -0.25) is 14.9 Å². The molecule has 35 heavy (non-hydrogen) atoms. The van der Waals surface area contributed by atoms with E-state index in [1.165, 1.54) is 30.6 Å². The molecule has 0 saturated carbocycles. The van der Waals surface area contributed by atoms with Crippen molar-refractivity contribution in [1.29, 1.82) is 5.26 Å². The third kappa shape index (κ3) is 5.50. The first-order valence-electron chi connectivity index (χ1n) is 10.9. The molecule has 1 aliphatic rings. The number of carbonyl (C=O) groups excluding carboxylic acids is 1. The molecule has 3 aromatic rings. The highest BCUT2D eigenvalue weighted by atomic mass is 32.1. The van der Waals surface area contributed by atoms with E-state index in [9.17, 15) is 14.9 Å². The van der Waals surface area contributed by atoms with Gasteiger partial charge in [0.25, 0.3) is 11.6 Å². The smallest absolute Gasteiger partial charge is 0.286 e. The zero-order chi connectivity index (χ0) is 24.8. The summed E-state index contributed by atoms with van der Waals surface area (Å²) in [6, 6.07) is 12.0. The minimum Gasteiger partial charge on any atom is -0.493 e. The summed E-state index contributed by atoms with van der Waals surface area (Å²) in [5.74, 6) is -0.0162. The molecule has 0 radical (unpaired) electrons. The van der Waals surface area contributed by atoms with Crippen molar-refractivity contribution < 1.29 is 19.2 Å². The van der Waals surface area contributed by atoms with Crippen LogP contribution in [0.15, 0.2) is 47.3 Å². The van der Waals surface area contributed by atoms with Gasteiger partial charge < -0.3 is 19.3 Å². The highest BCUT2D eigenvalue weighted by molar-refractivity contribution is 7.07. The van der Waals surface area contributed by atoms with Crippen LogP contribution in [0.25, 0.3) is 0 Å². The summed E-state index contributed by atoms with van der Waals surface area (Å²) in [5.41, 5.74) is 3.53. The number of nitriles is 1. The maximum Gasteiger partial charge on any atom is 0.286 e. The molecule has 0 aliphatic carbocycles. The molecule has 0 N–H and O–H groups in total. The topological polar surface area (TPSA) is 122 Å². The number of anilines is 1. The lowest BCUT2D eigenvalue weighted by molar-refractivity contribution is -0.385. The first kappa shape index (κ1) is 24.0. The van der Waals surface area contributed by atoms with E-state index in [2.05, 4.69) is 16.0 Å². The molecule has 0 atom stereocenters. The van der Waals surface area contributed by atoms with Crippen LogP contribution in [0.2, 0.25) is 0 Å². The van der Waals surface area contributed by atoms with Crippen LogP contribution in [0.1, 0.15) is 28.0 Å². The molecule has 0 bridgehead atoms. The summed E-state index contributed by atoms with van der Waals surface area (Å²) in [4.78, 5) is 32.6. The second kappa shape index (κ2) is 10.8. The molecule has 0 unspecified atom stereocenters. The van der Waals surface area contributed by atoms with Gasteiger partial charge >= 0.3 is 0 Å². The van der Waals surface area contributed by atoms with Gasteiger partial charge in [-0.2, -0.15) is 5.26 Å². The van der Waals surface area contributed by atoms with Crippen LogP contribution in [-0.4, -0.2) is 54.0 Å². The van der Waals surface area contributed by atoms with E-state index in [0.717, 1.165) is 12.2 Å². The molecular formula is C24H23N5O5S. The normalized spacial score (nSPS) is 13.6. The van der Waals surface area contributed by atoms with E-state index in [0.29, 0.717) is 37.3 Å². The number of nitro groups is 1. The van der Waals surface area contributed by atoms with Gasteiger partial charge in [0.1, 0.15) is 12.2 Å². The van der Waals surface area contributed by atoms with E-state index in [4.69, 9.17) is 14.7 Å². The fraction of sp³-hybridized carbons (Fsp3) is 0.292. The standard InChI is InChI=1S/C24H23N5O5S/c1-33-22-11-20(21(29(31)32)12-23(22)34-14-18-15-35-16-26-18)24(30)28-8-2-7-27(9-10-28)19-5-3-17(13-25)4-6-19/h3-6,11-12,15-16H,2,7-10,14H2,1H3. The summed E-state index contributed by atoms with van der Waals surface area (Å²) in [6.45, 7) is 2.29. The third-order valence-corrected chi connectivity index (χ3v) is 6.35. The summed E-state index contributed by atoms with van der Waals surface area (Å²) < 4.78 is 11.1. The largest absolute Gasteiger partial charge is 0.493 e. The number of aromatic nitrogens is 1. The molecule has 2 heterocycles. The molecule has 1 amide bonds. The van der Waals surface area contributed by atoms with Gasteiger partial charge in [-0.05, 0) is 30.7 Å². The third-order valence-electron chi connectivity index (χ3n) is 5.71. The van der Waals surface area contributed by atoms with Crippen molar-refractivity contribution in [2.45, 2.75) is 13.0 Å². The van der Waals surface area contributed by atoms with Crippen molar-refractivity contribution in [1.82, 2.24) is 9.88 Å². The zero-order valence-corrected chi connectivity index (χ0v) is 19.9. The molecule has 1 aromatic heterocycles. The Morgan fingerprint density at radius 2 is 2.00 bits per heavy atom. The van der Waals surface area contributed by atoms with Crippen molar-refractivity contribution in [3.63, 3.8) is 0 Å². The molecule has 0 spiro atoms. The summed E-state index contributed by atoms with van der Waals surface area (Å²) >= 11 is 1.42. The van der Waals surface area contributed by atoms with Crippen molar-refractivity contribution >= 4 is 28.6 Å². The number of thiazole rings is 1. The highest BCUT2D eigenvalue weighted by Crippen LogP contribution is 2.36. The van der Waals surface area contributed by atoms with Gasteiger partial charge in [0.2, 0.25) is 0 Å². The van der Waals surface area contributed by atoms with Gasteiger partial charge in [-0.15, -0.1) is 11.3 Å². The van der Waals surface area contributed by atoms with Crippen molar-refractivity contribution in [3.8, 4) is 17.6 Å². The van der Waals surface area contributed by atoms with Gasteiger partial charge in [0, 0.05) is 43.3 Å². The van der Waals surface area contributed by atoms with Crippen molar-refractivity contribution in [3.05, 3.63) is 74.2 Å². The minimum absolute atomic E-state index is 0.0420. The Morgan fingerprint density at radius 1 is 1.20 bits per heavy atom. The van der Waals surface area contributed by atoms with Crippen LogP contribution in [-0.2, 0) is 6.61 Å². The quantitative estimate of drug-likeness (QED) is 0.359. The van der Waals surface area contributed by atoms with Crippen LogP contribution in [0.3, 0.4) is 0 Å². The Bertz CT molecular complexity index is 1240. The number of benzene rings is 2. The fourth-order valence-electron chi connectivity index (χ4n) is 3.90. The van der Waals surface area contributed by atoms with Crippen LogP contribution in [0.4, 0.5) is 11.4 Å². The molecule has 10 nitrogen and oxygen atoms in total. The van der Waals surface area contributed by atoms with E-state index < -0.39 is 10.8 Å². The second-order valence-corrected chi connectivity index (χ2v) is 8.56. The molecule has 1 fully saturated rings. The summed E-state index contributed by atoms with van der Waals surface area (Å²) in [6.07, 6.45) is 0.700. The Labute approximate surface area is 206 Å². The molecule has 11 heteroatoms. The second-order valence-electron chi connectivity index (χ2n) is 7.84. The monoisotopic (exact) mass is 493 g/mol. The van der Waals surface area contributed by atoms with Crippen LogP contribution in [0.5, 0.6) is 11.5 Å². The Morgan fingerprint density at radius 3 is 2.66 bits per heavy atom. The number of nitrogens with zero attached hydrogens (tertiary/aromatic N) is 5. The lowest BCUT2D eigenvalue weighted by Crippen LogP contribution is -2.35. The average molecular weight is 494 g/mol. The van der Waals surface area contributed by atoms with Gasteiger partial charge in [-0.25, -0.2) is 4.98 Å². The van der Waals surface area contributed by atoms with Crippen LogP contribution < -0.4 is 14.4 Å². The van der Waals surface area contributed by atoms with Gasteiger partial charge in [-0.1, -0.05) is 0 Å². The Balaban J connectivity index is 1.53. The number of amides is 1. The van der Waals surface area contributed by atoms with Crippen LogP contribution >= 0.6 is 11.3 Å². The number of hydrogen-bond acceptors (Lipinski definition) is 9. The minimum atomic E-state index is -0.580.